The van der Waals surface area contributed by atoms with Crippen molar-refractivity contribution in [2.45, 2.75) is 25.3 Å². The van der Waals surface area contributed by atoms with E-state index in [1.54, 1.807) is 37.4 Å². The van der Waals surface area contributed by atoms with E-state index < -0.39 is 11.6 Å². The van der Waals surface area contributed by atoms with Crippen LogP contribution < -0.4 is 5.32 Å². The second kappa shape index (κ2) is 6.39. The summed E-state index contributed by atoms with van der Waals surface area (Å²) in [6.45, 7) is 1.94. The fourth-order valence-corrected chi connectivity index (χ4v) is 2.87. The molecule has 1 aromatic heterocycles. The smallest absolute Gasteiger partial charge is 0.318 e. The van der Waals surface area contributed by atoms with Crippen LogP contribution >= 0.6 is 0 Å². The Morgan fingerprint density at radius 2 is 2.04 bits per heavy atom. The van der Waals surface area contributed by atoms with Crippen molar-refractivity contribution in [3.63, 3.8) is 0 Å². The number of hydrogen-bond donors (Lipinski definition) is 1. The lowest BCUT2D eigenvalue weighted by Crippen LogP contribution is -2.41. The first-order chi connectivity index (χ1) is 11.5. The number of carbonyl (C=O) groups excluding carboxylic acids is 2. The van der Waals surface area contributed by atoms with Crippen LogP contribution in [0.4, 0.5) is 9.18 Å². The third kappa shape index (κ3) is 2.99. The SMILES string of the molecule is CC1(c2ccccn2)NC(=O)N(CCCc2cccc(F)c2)C1=O. The number of halogens is 1. The number of nitrogens with one attached hydrogen (secondary N) is 1. The van der Waals surface area contributed by atoms with E-state index in [4.69, 9.17) is 0 Å². The summed E-state index contributed by atoms with van der Waals surface area (Å²) in [5.41, 5.74) is 0.211. The molecule has 3 rings (SSSR count). The number of pyridine rings is 1. The van der Waals surface area contributed by atoms with E-state index in [-0.39, 0.29) is 18.3 Å². The Morgan fingerprint density at radius 3 is 2.75 bits per heavy atom. The highest BCUT2D eigenvalue weighted by Crippen LogP contribution is 2.27. The van der Waals surface area contributed by atoms with Gasteiger partial charge in [0.05, 0.1) is 5.69 Å². The highest BCUT2D eigenvalue weighted by Gasteiger charge is 2.49. The number of carbonyl (C=O) groups is 2. The summed E-state index contributed by atoms with van der Waals surface area (Å²) in [5, 5.41) is 2.72. The second-order valence-corrected chi connectivity index (χ2v) is 5.96. The fraction of sp³-hybridized carbons (Fsp3) is 0.278. The largest absolute Gasteiger partial charge is 0.325 e. The van der Waals surface area contributed by atoms with Crippen molar-refractivity contribution in [1.29, 1.82) is 0 Å². The van der Waals surface area contributed by atoms with Crippen LogP contribution in [0.5, 0.6) is 0 Å². The van der Waals surface area contributed by atoms with Crippen molar-refractivity contribution >= 4 is 11.9 Å². The van der Waals surface area contributed by atoms with Gasteiger partial charge in [0.1, 0.15) is 5.82 Å². The van der Waals surface area contributed by atoms with Gasteiger partial charge < -0.3 is 5.32 Å². The number of hydrogen-bond acceptors (Lipinski definition) is 3. The predicted molar refractivity (Wildman–Crippen MR) is 86.6 cm³/mol. The van der Waals surface area contributed by atoms with Gasteiger partial charge in [0, 0.05) is 12.7 Å². The molecular formula is C18H18FN3O2. The van der Waals surface area contributed by atoms with Gasteiger partial charge in [-0.3, -0.25) is 14.7 Å². The van der Waals surface area contributed by atoms with Crippen molar-refractivity contribution in [2.24, 2.45) is 0 Å². The zero-order valence-electron chi connectivity index (χ0n) is 13.3. The predicted octanol–water partition coefficient (Wildman–Crippen LogP) is 2.62. The maximum absolute atomic E-state index is 13.2. The molecule has 1 aromatic carbocycles. The van der Waals surface area contributed by atoms with Crippen molar-refractivity contribution in [3.05, 3.63) is 65.7 Å². The topological polar surface area (TPSA) is 62.3 Å². The van der Waals surface area contributed by atoms with E-state index in [0.717, 1.165) is 5.56 Å². The third-order valence-corrected chi connectivity index (χ3v) is 4.19. The molecule has 5 nitrogen and oxygen atoms in total. The molecule has 1 unspecified atom stereocenters. The van der Waals surface area contributed by atoms with E-state index >= 15 is 0 Å². The van der Waals surface area contributed by atoms with Gasteiger partial charge in [-0.2, -0.15) is 0 Å². The lowest BCUT2D eigenvalue weighted by molar-refractivity contribution is -0.131. The number of amides is 3. The number of aryl methyl sites for hydroxylation is 1. The Morgan fingerprint density at radius 1 is 1.21 bits per heavy atom. The molecule has 6 heteroatoms. The van der Waals surface area contributed by atoms with E-state index in [1.807, 2.05) is 6.07 Å². The van der Waals surface area contributed by atoms with Gasteiger partial charge in [0.25, 0.3) is 5.91 Å². The molecule has 1 N–H and O–H groups in total. The molecule has 0 radical (unpaired) electrons. The minimum absolute atomic E-state index is 0.281. The molecule has 1 aliphatic heterocycles. The number of imide groups is 1. The molecule has 0 saturated carbocycles. The monoisotopic (exact) mass is 327 g/mol. The molecule has 124 valence electrons. The molecule has 1 fully saturated rings. The van der Waals surface area contributed by atoms with Gasteiger partial charge in [-0.25, -0.2) is 9.18 Å². The lowest BCUT2D eigenvalue weighted by atomic mass is 9.97. The first-order valence-electron chi connectivity index (χ1n) is 7.81. The average molecular weight is 327 g/mol. The van der Waals surface area contributed by atoms with Crippen LogP contribution in [0.15, 0.2) is 48.7 Å². The van der Waals surface area contributed by atoms with Crippen LogP contribution in [0.25, 0.3) is 0 Å². The molecule has 0 bridgehead atoms. The average Bonchev–Trinajstić information content (AvgIpc) is 2.80. The van der Waals surface area contributed by atoms with Gasteiger partial charge in [0.15, 0.2) is 5.54 Å². The number of benzene rings is 1. The second-order valence-electron chi connectivity index (χ2n) is 5.96. The first kappa shape index (κ1) is 16.1. The molecule has 3 amide bonds. The van der Waals surface area contributed by atoms with Crippen LogP contribution in [0.3, 0.4) is 0 Å². The van der Waals surface area contributed by atoms with E-state index in [0.29, 0.717) is 18.5 Å². The summed E-state index contributed by atoms with van der Waals surface area (Å²) in [4.78, 5) is 30.2. The van der Waals surface area contributed by atoms with Gasteiger partial charge in [-0.1, -0.05) is 18.2 Å². The van der Waals surface area contributed by atoms with Crippen molar-refractivity contribution in [2.75, 3.05) is 6.54 Å². The highest BCUT2D eigenvalue weighted by molar-refractivity contribution is 6.06. The summed E-state index contributed by atoms with van der Waals surface area (Å²) in [7, 11) is 0. The maximum Gasteiger partial charge on any atom is 0.325 e. The zero-order valence-corrected chi connectivity index (χ0v) is 13.3. The quantitative estimate of drug-likeness (QED) is 0.859. The van der Waals surface area contributed by atoms with E-state index in [2.05, 4.69) is 10.3 Å². The van der Waals surface area contributed by atoms with Crippen molar-refractivity contribution in [3.8, 4) is 0 Å². The van der Waals surface area contributed by atoms with Crippen LogP contribution in [0, 0.1) is 5.82 Å². The van der Waals surface area contributed by atoms with Crippen LogP contribution in [0.2, 0.25) is 0 Å². The van der Waals surface area contributed by atoms with E-state index in [9.17, 15) is 14.0 Å². The first-order valence-corrected chi connectivity index (χ1v) is 7.81. The summed E-state index contributed by atoms with van der Waals surface area (Å²) >= 11 is 0. The van der Waals surface area contributed by atoms with Crippen LogP contribution in [-0.2, 0) is 16.8 Å². The molecular weight excluding hydrogens is 309 g/mol. The molecule has 1 atom stereocenters. The summed E-state index contributed by atoms with van der Waals surface area (Å²) < 4.78 is 13.2. The minimum atomic E-state index is -1.14. The molecule has 0 spiro atoms. The maximum atomic E-state index is 13.2. The minimum Gasteiger partial charge on any atom is -0.318 e. The Balaban J connectivity index is 1.67. The van der Waals surface area contributed by atoms with Crippen LogP contribution in [-0.4, -0.2) is 28.4 Å². The summed E-state index contributed by atoms with van der Waals surface area (Å²) in [5.74, 6) is -0.601. The Kier molecular flexibility index (Phi) is 4.29. The van der Waals surface area contributed by atoms with Crippen LogP contribution in [0.1, 0.15) is 24.6 Å². The third-order valence-electron chi connectivity index (χ3n) is 4.19. The van der Waals surface area contributed by atoms with Crippen molar-refractivity contribution < 1.29 is 14.0 Å². The Hall–Kier alpha value is -2.76. The number of urea groups is 1. The normalized spacial score (nSPS) is 20.3. The number of rotatable bonds is 5. The molecule has 2 heterocycles. The van der Waals surface area contributed by atoms with Gasteiger partial charge in [-0.15, -0.1) is 0 Å². The summed E-state index contributed by atoms with van der Waals surface area (Å²) in [6, 6.07) is 11.2. The highest BCUT2D eigenvalue weighted by atomic mass is 19.1. The standard InChI is InChI=1S/C18H18FN3O2/c1-18(15-9-2-3-10-20-15)16(23)22(17(24)21-18)11-5-7-13-6-4-8-14(19)12-13/h2-4,6,8-10,12H,5,7,11H2,1H3,(H,21,24). The van der Waals surface area contributed by atoms with Gasteiger partial charge >= 0.3 is 6.03 Å². The van der Waals surface area contributed by atoms with Crippen molar-refractivity contribution in [1.82, 2.24) is 15.2 Å². The van der Waals surface area contributed by atoms with Gasteiger partial charge in [0.2, 0.25) is 0 Å². The molecule has 1 aliphatic rings. The number of aromatic nitrogens is 1. The zero-order chi connectivity index (χ0) is 17.2. The molecule has 2 aromatic rings. The molecule has 1 saturated heterocycles. The molecule has 24 heavy (non-hydrogen) atoms. The Bertz CT molecular complexity index is 766. The number of nitrogens with zero attached hydrogens (tertiary/aromatic N) is 2. The fourth-order valence-electron chi connectivity index (χ4n) is 2.87. The lowest BCUT2D eigenvalue weighted by Gasteiger charge is -2.20. The van der Waals surface area contributed by atoms with E-state index in [1.165, 1.54) is 17.0 Å². The molecule has 0 aliphatic carbocycles. The summed E-state index contributed by atoms with van der Waals surface area (Å²) in [6.07, 6.45) is 2.75. The Labute approximate surface area is 139 Å². The van der Waals surface area contributed by atoms with Gasteiger partial charge in [-0.05, 0) is 49.6 Å².